The highest BCUT2D eigenvalue weighted by atomic mass is 32.2. The second-order valence-electron chi connectivity index (χ2n) is 6.67. The van der Waals surface area contributed by atoms with Crippen molar-refractivity contribution in [3.05, 3.63) is 66.5 Å². The molecule has 152 valence electrons. The minimum absolute atomic E-state index is 0.205. The van der Waals surface area contributed by atoms with Crippen molar-refractivity contribution in [2.45, 2.75) is 22.6 Å². The van der Waals surface area contributed by atoms with Crippen LogP contribution in [0, 0.1) is 0 Å². The summed E-state index contributed by atoms with van der Waals surface area (Å²) in [7, 11) is 1.62. The molecule has 1 atom stereocenters. The summed E-state index contributed by atoms with van der Waals surface area (Å²) in [5, 5.41) is 23.9. The van der Waals surface area contributed by atoms with Gasteiger partial charge < -0.3 is 14.9 Å². The zero-order valence-corrected chi connectivity index (χ0v) is 17.1. The normalized spacial score (nSPS) is 12.1. The van der Waals surface area contributed by atoms with E-state index in [1.807, 2.05) is 48.5 Å². The number of fused-ring (bicyclic) bond motifs is 1. The molecule has 4 aromatic rings. The number of carboxylic acid groups (broad SMARTS) is 1. The molecule has 0 spiro atoms. The van der Waals surface area contributed by atoms with Crippen LogP contribution in [0.15, 0.2) is 70.7 Å². The molecule has 2 heterocycles. The lowest BCUT2D eigenvalue weighted by Gasteiger charge is -2.11. The molecule has 0 saturated carbocycles. The van der Waals surface area contributed by atoms with Crippen LogP contribution < -0.4 is 4.74 Å². The highest BCUT2D eigenvalue weighted by molar-refractivity contribution is 7.99. The number of hydrogen-bond donors (Lipinski definition) is 2. The minimum Gasteiger partial charge on any atom is -0.496 e. The number of benzene rings is 2. The number of hydrogen-bond acceptors (Lipinski definition) is 6. The van der Waals surface area contributed by atoms with E-state index < -0.39 is 11.9 Å². The Morgan fingerprint density at radius 1 is 1.17 bits per heavy atom. The standard InChI is InChI=1S/C22H19N3O4S/c1-13(22(27)28)16-11-23-20-17(12-24-25(20)21(16)26)14-8-9-19(18(10-14)29-2)30-15-6-4-3-5-7-15/h3-13,26H,1-2H3,(H,27,28). The average molecular weight is 421 g/mol. The minimum atomic E-state index is -1.05. The monoisotopic (exact) mass is 421 g/mol. The molecule has 1 unspecified atom stereocenters. The maximum atomic E-state index is 11.3. The largest absolute Gasteiger partial charge is 0.496 e. The number of rotatable bonds is 6. The first-order valence-corrected chi connectivity index (χ1v) is 10.0. The first-order valence-electron chi connectivity index (χ1n) is 9.19. The van der Waals surface area contributed by atoms with E-state index in [9.17, 15) is 15.0 Å². The Hall–Kier alpha value is -3.52. The molecule has 2 N–H and O–H groups in total. The first-order chi connectivity index (χ1) is 14.5. The van der Waals surface area contributed by atoms with Gasteiger partial charge in [-0.1, -0.05) is 36.0 Å². The number of aliphatic carboxylic acids is 1. The Labute approximate surface area is 177 Å². The number of nitrogens with zero attached hydrogens (tertiary/aromatic N) is 3. The van der Waals surface area contributed by atoms with E-state index in [-0.39, 0.29) is 11.4 Å². The topological polar surface area (TPSA) is 97.0 Å². The van der Waals surface area contributed by atoms with Crippen LogP contribution in [0.5, 0.6) is 11.6 Å². The van der Waals surface area contributed by atoms with Gasteiger partial charge in [0.15, 0.2) is 5.65 Å². The second-order valence-corrected chi connectivity index (χ2v) is 7.79. The average Bonchev–Trinajstić information content (AvgIpc) is 3.19. The summed E-state index contributed by atoms with van der Waals surface area (Å²) in [6, 6.07) is 15.8. The quantitative estimate of drug-likeness (QED) is 0.475. The molecule has 8 heteroatoms. The van der Waals surface area contributed by atoms with Crippen LogP contribution >= 0.6 is 11.8 Å². The summed E-state index contributed by atoms with van der Waals surface area (Å²) in [6.45, 7) is 1.49. The van der Waals surface area contributed by atoms with Crippen molar-refractivity contribution < 1.29 is 19.7 Å². The van der Waals surface area contributed by atoms with E-state index >= 15 is 0 Å². The van der Waals surface area contributed by atoms with Gasteiger partial charge in [-0.25, -0.2) is 4.98 Å². The first kappa shape index (κ1) is 19.8. The lowest BCUT2D eigenvalue weighted by Crippen LogP contribution is -2.10. The van der Waals surface area contributed by atoms with Crippen molar-refractivity contribution in [2.75, 3.05) is 7.11 Å². The maximum absolute atomic E-state index is 11.3. The van der Waals surface area contributed by atoms with Gasteiger partial charge in [0.1, 0.15) is 5.75 Å². The summed E-state index contributed by atoms with van der Waals surface area (Å²) < 4.78 is 6.84. The van der Waals surface area contributed by atoms with Gasteiger partial charge in [-0.05, 0) is 36.8 Å². The summed E-state index contributed by atoms with van der Waals surface area (Å²) in [5.74, 6) is -1.47. The van der Waals surface area contributed by atoms with Crippen LogP contribution in [0.25, 0.3) is 16.8 Å². The summed E-state index contributed by atoms with van der Waals surface area (Å²) in [6.07, 6.45) is 2.97. The molecule has 7 nitrogen and oxygen atoms in total. The molecule has 0 aliphatic carbocycles. The van der Waals surface area contributed by atoms with Crippen LogP contribution in [-0.2, 0) is 4.79 Å². The van der Waals surface area contributed by atoms with Gasteiger partial charge >= 0.3 is 5.97 Å². The third kappa shape index (κ3) is 3.57. The van der Waals surface area contributed by atoms with E-state index in [1.165, 1.54) is 17.6 Å². The van der Waals surface area contributed by atoms with Crippen molar-refractivity contribution in [1.82, 2.24) is 14.6 Å². The second kappa shape index (κ2) is 8.08. The number of ether oxygens (including phenoxy) is 1. The molecule has 0 bridgehead atoms. The van der Waals surface area contributed by atoms with Crippen molar-refractivity contribution in [1.29, 1.82) is 0 Å². The van der Waals surface area contributed by atoms with E-state index in [2.05, 4.69) is 10.1 Å². The lowest BCUT2D eigenvalue weighted by molar-refractivity contribution is -0.138. The van der Waals surface area contributed by atoms with Crippen molar-refractivity contribution in [3.8, 4) is 22.8 Å². The fourth-order valence-electron chi connectivity index (χ4n) is 3.11. The molecule has 0 aliphatic heterocycles. The number of aromatic nitrogens is 3. The number of carboxylic acids is 1. The number of aromatic hydroxyl groups is 1. The summed E-state index contributed by atoms with van der Waals surface area (Å²) in [4.78, 5) is 17.7. The molecular weight excluding hydrogens is 402 g/mol. The highest BCUT2D eigenvalue weighted by Gasteiger charge is 2.22. The Kier molecular flexibility index (Phi) is 5.33. The molecule has 2 aromatic heterocycles. The Morgan fingerprint density at radius 3 is 2.63 bits per heavy atom. The molecule has 0 saturated heterocycles. The Balaban J connectivity index is 1.73. The van der Waals surface area contributed by atoms with Crippen molar-refractivity contribution in [2.24, 2.45) is 0 Å². The number of carbonyl (C=O) groups is 1. The summed E-state index contributed by atoms with van der Waals surface area (Å²) >= 11 is 1.60. The Morgan fingerprint density at radius 2 is 1.93 bits per heavy atom. The predicted molar refractivity (Wildman–Crippen MR) is 113 cm³/mol. The molecule has 0 fully saturated rings. The van der Waals surface area contributed by atoms with E-state index in [0.29, 0.717) is 17.0 Å². The van der Waals surface area contributed by atoms with Crippen molar-refractivity contribution in [3.63, 3.8) is 0 Å². The highest BCUT2D eigenvalue weighted by Crippen LogP contribution is 2.38. The van der Waals surface area contributed by atoms with E-state index in [1.54, 1.807) is 25.1 Å². The van der Waals surface area contributed by atoms with Gasteiger partial charge in [0.25, 0.3) is 0 Å². The predicted octanol–water partition coefficient (Wildman–Crippen LogP) is 4.45. The maximum Gasteiger partial charge on any atom is 0.310 e. The third-order valence-corrected chi connectivity index (χ3v) is 5.88. The van der Waals surface area contributed by atoms with Gasteiger partial charge in [0.05, 0.1) is 24.1 Å². The molecule has 2 aromatic carbocycles. The van der Waals surface area contributed by atoms with Gasteiger partial charge in [0, 0.05) is 22.2 Å². The van der Waals surface area contributed by atoms with Gasteiger partial charge in [-0.3, -0.25) is 4.79 Å². The van der Waals surface area contributed by atoms with Crippen LogP contribution in [-0.4, -0.2) is 37.9 Å². The fourth-order valence-corrected chi connectivity index (χ4v) is 4.04. The lowest BCUT2D eigenvalue weighted by atomic mass is 10.0. The van der Waals surface area contributed by atoms with Crippen LogP contribution in [0.2, 0.25) is 0 Å². The summed E-state index contributed by atoms with van der Waals surface area (Å²) in [5.41, 5.74) is 2.16. The molecular formula is C22H19N3O4S. The molecule has 0 amide bonds. The molecule has 0 aliphatic rings. The van der Waals surface area contributed by atoms with Crippen molar-refractivity contribution >= 4 is 23.4 Å². The van der Waals surface area contributed by atoms with E-state index in [4.69, 9.17) is 4.74 Å². The number of methoxy groups -OCH3 is 1. The third-order valence-electron chi connectivity index (χ3n) is 4.81. The molecule has 4 rings (SSSR count). The van der Waals surface area contributed by atoms with Gasteiger partial charge in [0.2, 0.25) is 5.88 Å². The molecule has 30 heavy (non-hydrogen) atoms. The van der Waals surface area contributed by atoms with E-state index in [0.717, 1.165) is 15.4 Å². The Bertz CT molecular complexity index is 1220. The zero-order chi connectivity index (χ0) is 21.3. The SMILES string of the molecule is COc1cc(-c2cnn3c(O)c(C(C)C(=O)O)cnc23)ccc1Sc1ccccc1. The smallest absolute Gasteiger partial charge is 0.310 e. The van der Waals surface area contributed by atoms with Crippen LogP contribution in [0.4, 0.5) is 0 Å². The zero-order valence-electron chi connectivity index (χ0n) is 16.3. The molecule has 0 radical (unpaired) electrons. The van der Waals surface area contributed by atoms with Crippen LogP contribution in [0.1, 0.15) is 18.4 Å². The van der Waals surface area contributed by atoms with Crippen LogP contribution in [0.3, 0.4) is 0 Å². The van der Waals surface area contributed by atoms with Gasteiger partial charge in [-0.15, -0.1) is 0 Å². The van der Waals surface area contributed by atoms with Gasteiger partial charge in [-0.2, -0.15) is 9.61 Å². The fraction of sp³-hybridized carbons (Fsp3) is 0.136.